The zero-order chi connectivity index (χ0) is 18.8. The highest BCUT2D eigenvalue weighted by atomic mass is 16.6. The summed E-state index contributed by atoms with van der Waals surface area (Å²) >= 11 is 0. The second kappa shape index (κ2) is 6.84. The van der Waals surface area contributed by atoms with Crippen LogP contribution in [0.2, 0.25) is 0 Å². The Morgan fingerprint density at radius 3 is 2.35 bits per heavy atom. The first kappa shape index (κ1) is 17.4. The molecule has 0 spiro atoms. The van der Waals surface area contributed by atoms with Crippen molar-refractivity contribution in [3.63, 3.8) is 0 Å². The second-order valence-electron chi connectivity index (χ2n) is 6.01. The number of nitrogens with one attached hydrogen (secondary N) is 1. The third kappa shape index (κ3) is 3.09. The lowest BCUT2D eigenvalue weighted by atomic mass is 10.0. The number of anilines is 1. The fraction of sp³-hybridized carbons (Fsp3) is 0.150. The highest BCUT2D eigenvalue weighted by molar-refractivity contribution is 6.10. The van der Waals surface area contributed by atoms with Crippen molar-refractivity contribution in [3.05, 3.63) is 75.3 Å². The van der Waals surface area contributed by atoms with E-state index in [1.165, 1.54) is 13.2 Å². The average molecular weight is 350 g/mol. The number of hydrogen-bond donors (Lipinski definition) is 1. The van der Waals surface area contributed by atoms with Gasteiger partial charge in [-0.05, 0) is 47.9 Å². The molecule has 132 valence electrons. The van der Waals surface area contributed by atoms with Gasteiger partial charge in [-0.25, -0.2) is 0 Å². The number of carbonyl (C=O) groups is 1. The molecule has 0 aliphatic carbocycles. The number of amides is 1. The van der Waals surface area contributed by atoms with Gasteiger partial charge in [-0.1, -0.05) is 30.3 Å². The van der Waals surface area contributed by atoms with Gasteiger partial charge in [0.1, 0.15) is 11.4 Å². The number of nitro benzene ring substituents is 1. The van der Waals surface area contributed by atoms with Gasteiger partial charge in [0, 0.05) is 6.07 Å². The third-order valence-electron chi connectivity index (χ3n) is 4.46. The maximum atomic E-state index is 12.9. The number of methoxy groups -OCH3 is 1. The number of hydrogen-bond acceptors (Lipinski definition) is 4. The summed E-state index contributed by atoms with van der Waals surface area (Å²) in [6.07, 6.45) is 0. The lowest BCUT2D eigenvalue weighted by Crippen LogP contribution is -2.15. The third-order valence-corrected chi connectivity index (χ3v) is 4.46. The van der Waals surface area contributed by atoms with Gasteiger partial charge < -0.3 is 10.1 Å². The van der Waals surface area contributed by atoms with Crippen LogP contribution < -0.4 is 10.1 Å². The highest BCUT2D eigenvalue weighted by Crippen LogP contribution is 2.32. The van der Waals surface area contributed by atoms with Crippen LogP contribution in [0.25, 0.3) is 10.8 Å². The van der Waals surface area contributed by atoms with E-state index in [1.54, 1.807) is 25.1 Å². The molecule has 0 unspecified atom stereocenters. The Balaban J connectivity index is 2.08. The first-order valence-electron chi connectivity index (χ1n) is 8.05. The van der Waals surface area contributed by atoms with E-state index in [9.17, 15) is 14.9 Å². The first-order valence-corrected chi connectivity index (χ1v) is 8.05. The number of nitrogens with zero attached hydrogens (tertiary/aromatic N) is 1. The van der Waals surface area contributed by atoms with E-state index in [2.05, 4.69) is 5.32 Å². The highest BCUT2D eigenvalue weighted by Gasteiger charge is 2.22. The molecule has 0 aliphatic rings. The minimum absolute atomic E-state index is 0.138. The van der Waals surface area contributed by atoms with Crippen molar-refractivity contribution in [2.75, 3.05) is 12.4 Å². The number of rotatable bonds is 4. The minimum Gasteiger partial charge on any atom is -0.496 e. The first-order chi connectivity index (χ1) is 12.4. The van der Waals surface area contributed by atoms with Crippen LogP contribution in [0, 0.1) is 24.0 Å². The fourth-order valence-corrected chi connectivity index (χ4v) is 2.86. The molecular weight excluding hydrogens is 332 g/mol. The molecule has 3 aromatic rings. The average Bonchev–Trinajstić information content (AvgIpc) is 2.64. The fourth-order valence-electron chi connectivity index (χ4n) is 2.86. The predicted molar refractivity (Wildman–Crippen MR) is 101 cm³/mol. The number of ether oxygens (including phenoxy) is 1. The van der Waals surface area contributed by atoms with Gasteiger partial charge in [-0.3, -0.25) is 14.9 Å². The molecule has 6 nitrogen and oxygen atoms in total. The largest absolute Gasteiger partial charge is 0.496 e. The molecule has 3 rings (SSSR count). The lowest BCUT2D eigenvalue weighted by Gasteiger charge is -2.13. The van der Waals surface area contributed by atoms with Gasteiger partial charge in [0.05, 0.1) is 17.6 Å². The Morgan fingerprint density at radius 2 is 1.73 bits per heavy atom. The van der Waals surface area contributed by atoms with Gasteiger partial charge in [-0.2, -0.15) is 0 Å². The summed E-state index contributed by atoms with van der Waals surface area (Å²) in [5.74, 6) is -0.0430. The Hall–Kier alpha value is -3.41. The van der Waals surface area contributed by atoms with Crippen LogP contribution in [0.4, 0.5) is 11.4 Å². The molecule has 1 N–H and O–H groups in total. The van der Waals surface area contributed by atoms with Crippen molar-refractivity contribution in [1.82, 2.24) is 0 Å². The number of fused-ring (bicyclic) bond motifs is 1. The molecule has 0 atom stereocenters. The number of nitro groups is 1. The van der Waals surface area contributed by atoms with Crippen LogP contribution >= 0.6 is 0 Å². The van der Waals surface area contributed by atoms with Gasteiger partial charge in [0.2, 0.25) is 0 Å². The summed E-state index contributed by atoms with van der Waals surface area (Å²) in [7, 11) is 1.49. The van der Waals surface area contributed by atoms with Crippen molar-refractivity contribution in [1.29, 1.82) is 0 Å². The van der Waals surface area contributed by atoms with Crippen molar-refractivity contribution in [3.8, 4) is 5.75 Å². The van der Waals surface area contributed by atoms with Crippen LogP contribution in [-0.2, 0) is 0 Å². The summed E-state index contributed by atoms with van der Waals surface area (Å²) in [5.41, 5.74) is 1.90. The Morgan fingerprint density at radius 1 is 1.08 bits per heavy atom. The maximum Gasteiger partial charge on any atom is 0.293 e. The van der Waals surface area contributed by atoms with E-state index < -0.39 is 10.8 Å². The molecule has 0 aromatic heterocycles. The van der Waals surface area contributed by atoms with Crippen molar-refractivity contribution < 1.29 is 14.5 Å². The van der Waals surface area contributed by atoms with E-state index in [0.717, 1.165) is 16.3 Å². The molecule has 0 fully saturated rings. The molecule has 0 bridgehead atoms. The minimum atomic E-state index is -0.500. The van der Waals surface area contributed by atoms with Crippen molar-refractivity contribution in [2.45, 2.75) is 13.8 Å². The molecule has 26 heavy (non-hydrogen) atoms. The summed E-state index contributed by atoms with van der Waals surface area (Å²) in [6, 6.07) is 14.2. The standard InChI is InChI=1S/C20H18N2O4/c1-12-8-9-17(22(24)25)19(13(12)2)21-20(23)16-10-14-6-4-5-7-15(14)11-18(16)26-3/h4-11H,1-3H3,(H,21,23). The molecule has 1 amide bonds. The zero-order valence-corrected chi connectivity index (χ0v) is 14.7. The van der Waals surface area contributed by atoms with Gasteiger partial charge in [0.15, 0.2) is 0 Å². The van der Waals surface area contributed by atoms with Gasteiger partial charge in [0.25, 0.3) is 11.6 Å². The van der Waals surface area contributed by atoms with Gasteiger partial charge in [-0.15, -0.1) is 0 Å². The normalized spacial score (nSPS) is 10.6. The summed E-state index contributed by atoms with van der Waals surface area (Å²) < 4.78 is 5.35. The summed E-state index contributed by atoms with van der Waals surface area (Å²) in [5, 5.41) is 15.9. The van der Waals surface area contributed by atoms with Crippen molar-refractivity contribution >= 4 is 28.1 Å². The quantitative estimate of drug-likeness (QED) is 0.549. The van der Waals surface area contributed by atoms with E-state index in [-0.39, 0.29) is 11.4 Å². The Labute approximate surface area is 150 Å². The second-order valence-corrected chi connectivity index (χ2v) is 6.01. The Kier molecular flexibility index (Phi) is 4.58. The molecule has 0 heterocycles. The van der Waals surface area contributed by atoms with E-state index >= 15 is 0 Å². The molecule has 3 aromatic carbocycles. The monoisotopic (exact) mass is 350 g/mol. The van der Waals surface area contributed by atoms with Crippen LogP contribution in [0.15, 0.2) is 48.5 Å². The van der Waals surface area contributed by atoms with Crippen LogP contribution in [0.3, 0.4) is 0 Å². The zero-order valence-electron chi connectivity index (χ0n) is 14.7. The van der Waals surface area contributed by atoms with Crippen LogP contribution in [-0.4, -0.2) is 17.9 Å². The summed E-state index contributed by atoms with van der Waals surface area (Å²) in [6.45, 7) is 3.58. The van der Waals surface area contributed by atoms with Crippen LogP contribution in [0.5, 0.6) is 5.75 Å². The van der Waals surface area contributed by atoms with E-state index in [0.29, 0.717) is 16.9 Å². The maximum absolute atomic E-state index is 12.9. The molecular formula is C20H18N2O4. The summed E-state index contributed by atoms with van der Waals surface area (Å²) in [4.78, 5) is 23.7. The number of carbonyl (C=O) groups excluding carboxylic acids is 1. The number of benzene rings is 3. The molecule has 0 saturated heterocycles. The molecule has 6 heteroatoms. The SMILES string of the molecule is COc1cc2ccccc2cc1C(=O)Nc1c([N+](=O)[O-])ccc(C)c1C. The lowest BCUT2D eigenvalue weighted by molar-refractivity contribution is -0.384. The molecule has 0 saturated carbocycles. The van der Waals surface area contributed by atoms with Crippen molar-refractivity contribution in [2.24, 2.45) is 0 Å². The predicted octanol–water partition coefficient (Wildman–Crippen LogP) is 4.63. The smallest absolute Gasteiger partial charge is 0.293 e. The number of aryl methyl sites for hydroxylation is 1. The van der Waals surface area contributed by atoms with Gasteiger partial charge >= 0.3 is 0 Å². The van der Waals surface area contributed by atoms with Crippen LogP contribution in [0.1, 0.15) is 21.5 Å². The Bertz CT molecular complexity index is 1030. The topological polar surface area (TPSA) is 81.5 Å². The molecule has 0 aliphatic heterocycles. The molecule has 0 radical (unpaired) electrons. The van der Waals surface area contributed by atoms with E-state index in [4.69, 9.17) is 4.74 Å². The van der Waals surface area contributed by atoms with E-state index in [1.807, 2.05) is 31.2 Å².